The van der Waals surface area contributed by atoms with Crippen LogP contribution in [0.3, 0.4) is 0 Å². The van der Waals surface area contributed by atoms with Gasteiger partial charge in [-0.1, -0.05) is 11.6 Å². The van der Waals surface area contributed by atoms with Crippen molar-refractivity contribution in [2.24, 2.45) is 5.92 Å². The number of ether oxygens (including phenoxy) is 1. The van der Waals surface area contributed by atoms with Gasteiger partial charge in [0.15, 0.2) is 0 Å². The lowest BCUT2D eigenvalue weighted by atomic mass is 10.2. The second-order valence-corrected chi connectivity index (χ2v) is 5.54. The minimum absolute atomic E-state index is 0.734. The van der Waals surface area contributed by atoms with Gasteiger partial charge in [-0.3, -0.25) is 4.90 Å². The molecule has 2 N–H and O–H groups in total. The smallest absolute Gasteiger partial charge is 0.0593 e. The maximum atomic E-state index is 5.97. The lowest BCUT2D eigenvalue weighted by Gasteiger charge is -2.18. The molecule has 0 amide bonds. The summed E-state index contributed by atoms with van der Waals surface area (Å²) in [4.78, 5) is 2.20. The van der Waals surface area contributed by atoms with Crippen molar-refractivity contribution in [1.29, 1.82) is 0 Å². The zero-order valence-corrected chi connectivity index (χ0v) is 11.6. The highest BCUT2D eigenvalue weighted by molar-refractivity contribution is 6.30. The first-order chi connectivity index (χ1) is 8.65. The highest BCUT2D eigenvalue weighted by atomic mass is 35.5. The van der Waals surface area contributed by atoms with Crippen LogP contribution in [-0.4, -0.2) is 31.7 Å². The Morgan fingerprint density at radius 3 is 2.94 bits per heavy atom. The Bertz CT molecular complexity index is 393. The second-order valence-electron chi connectivity index (χ2n) is 5.10. The molecule has 0 radical (unpaired) electrons. The summed E-state index contributed by atoms with van der Waals surface area (Å²) in [6.07, 6.45) is 2.68. The summed E-state index contributed by atoms with van der Waals surface area (Å²) in [6.45, 7) is 3.43. The molecule has 100 valence electrons. The minimum Gasteiger partial charge on any atom is -0.398 e. The number of hydrogen-bond donors (Lipinski definition) is 1. The maximum absolute atomic E-state index is 5.97. The Balaban J connectivity index is 1.71. The Labute approximate surface area is 114 Å². The number of hydrogen-bond acceptors (Lipinski definition) is 3. The van der Waals surface area contributed by atoms with E-state index in [0.717, 1.165) is 48.5 Å². The normalized spacial score (nSPS) is 15.3. The topological polar surface area (TPSA) is 38.5 Å². The largest absolute Gasteiger partial charge is 0.398 e. The molecule has 18 heavy (non-hydrogen) atoms. The number of nitrogens with zero attached hydrogens (tertiary/aromatic N) is 1. The van der Waals surface area contributed by atoms with Crippen molar-refractivity contribution in [3.05, 3.63) is 28.8 Å². The summed E-state index contributed by atoms with van der Waals surface area (Å²) < 4.78 is 5.62. The lowest BCUT2D eigenvalue weighted by Crippen LogP contribution is -2.23. The van der Waals surface area contributed by atoms with Crippen molar-refractivity contribution in [3.8, 4) is 0 Å². The molecule has 0 bridgehead atoms. The first kappa shape index (κ1) is 13.7. The standard InChI is InChI=1S/C14H21ClN2O/c1-17(6-7-18-10-11-2-3-11)9-12-8-13(15)4-5-14(12)16/h4-5,8,11H,2-3,6-7,9-10,16H2,1H3. The summed E-state index contributed by atoms with van der Waals surface area (Å²) >= 11 is 5.97. The number of nitrogen functional groups attached to an aromatic ring is 1. The Morgan fingerprint density at radius 1 is 1.44 bits per heavy atom. The van der Waals surface area contributed by atoms with Crippen LogP contribution in [0.5, 0.6) is 0 Å². The fourth-order valence-corrected chi connectivity index (χ4v) is 2.03. The van der Waals surface area contributed by atoms with E-state index < -0.39 is 0 Å². The van der Waals surface area contributed by atoms with Crippen LogP contribution in [0.25, 0.3) is 0 Å². The monoisotopic (exact) mass is 268 g/mol. The van der Waals surface area contributed by atoms with Crippen LogP contribution >= 0.6 is 11.6 Å². The van der Waals surface area contributed by atoms with E-state index in [2.05, 4.69) is 11.9 Å². The van der Waals surface area contributed by atoms with E-state index in [1.807, 2.05) is 18.2 Å². The molecule has 1 saturated carbocycles. The zero-order chi connectivity index (χ0) is 13.0. The number of nitrogens with two attached hydrogens (primary N) is 1. The fourth-order valence-electron chi connectivity index (χ4n) is 1.84. The van der Waals surface area contributed by atoms with Crippen LogP contribution in [0.1, 0.15) is 18.4 Å². The minimum atomic E-state index is 0.734. The molecule has 1 aromatic rings. The molecular formula is C14H21ClN2O. The van der Waals surface area contributed by atoms with E-state index in [-0.39, 0.29) is 0 Å². The molecule has 1 aliphatic rings. The van der Waals surface area contributed by atoms with Gasteiger partial charge in [0.05, 0.1) is 6.61 Å². The van der Waals surface area contributed by atoms with Crippen LogP contribution in [0.2, 0.25) is 5.02 Å². The number of likely N-dealkylation sites (N-methyl/N-ethyl adjacent to an activating group) is 1. The van der Waals surface area contributed by atoms with Gasteiger partial charge in [0.25, 0.3) is 0 Å². The van der Waals surface area contributed by atoms with Crippen LogP contribution in [0.15, 0.2) is 18.2 Å². The van der Waals surface area contributed by atoms with Gasteiger partial charge in [-0.25, -0.2) is 0 Å². The molecule has 0 aromatic heterocycles. The number of benzene rings is 1. The predicted octanol–water partition coefficient (Wildman–Crippen LogP) is 2.78. The molecule has 0 heterocycles. The van der Waals surface area contributed by atoms with Gasteiger partial charge in [-0.15, -0.1) is 0 Å². The first-order valence-electron chi connectivity index (χ1n) is 6.45. The second kappa shape index (κ2) is 6.41. The maximum Gasteiger partial charge on any atom is 0.0593 e. The van der Waals surface area contributed by atoms with Gasteiger partial charge in [-0.05, 0) is 49.6 Å². The summed E-state index contributed by atoms with van der Waals surface area (Å²) in [6, 6.07) is 5.60. The van der Waals surface area contributed by atoms with Crippen molar-refractivity contribution >= 4 is 17.3 Å². The van der Waals surface area contributed by atoms with Crippen molar-refractivity contribution in [2.75, 3.05) is 32.5 Å². The highest BCUT2D eigenvalue weighted by Crippen LogP contribution is 2.28. The molecule has 4 heteroatoms. The Morgan fingerprint density at radius 2 is 2.22 bits per heavy atom. The van der Waals surface area contributed by atoms with Gasteiger partial charge in [0.1, 0.15) is 0 Å². The third-order valence-corrected chi connectivity index (χ3v) is 3.45. The average molecular weight is 269 g/mol. The lowest BCUT2D eigenvalue weighted by molar-refractivity contribution is 0.102. The van der Waals surface area contributed by atoms with Gasteiger partial charge in [-0.2, -0.15) is 0 Å². The molecule has 0 aliphatic heterocycles. The van der Waals surface area contributed by atoms with E-state index in [1.54, 1.807) is 0 Å². The van der Waals surface area contributed by atoms with Crippen molar-refractivity contribution in [3.63, 3.8) is 0 Å². The first-order valence-corrected chi connectivity index (χ1v) is 6.83. The average Bonchev–Trinajstić information content (AvgIpc) is 3.13. The van der Waals surface area contributed by atoms with E-state index in [1.165, 1.54) is 12.8 Å². The summed E-state index contributed by atoms with van der Waals surface area (Å²) in [5, 5.41) is 0.734. The van der Waals surface area contributed by atoms with Crippen LogP contribution < -0.4 is 5.73 Å². The summed E-state index contributed by atoms with van der Waals surface area (Å²) in [5.74, 6) is 0.832. The van der Waals surface area contributed by atoms with E-state index in [4.69, 9.17) is 22.1 Å². The molecule has 1 aliphatic carbocycles. The molecule has 1 aromatic carbocycles. The quantitative estimate of drug-likeness (QED) is 0.610. The molecule has 1 fully saturated rings. The third kappa shape index (κ3) is 4.48. The van der Waals surface area contributed by atoms with Crippen molar-refractivity contribution in [1.82, 2.24) is 4.90 Å². The van der Waals surface area contributed by atoms with Gasteiger partial charge in [0.2, 0.25) is 0 Å². The summed E-state index contributed by atoms with van der Waals surface area (Å²) in [7, 11) is 2.07. The summed E-state index contributed by atoms with van der Waals surface area (Å²) in [5.41, 5.74) is 7.80. The third-order valence-electron chi connectivity index (χ3n) is 3.21. The van der Waals surface area contributed by atoms with E-state index >= 15 is 0 Å². The molecule has 3 nitrogen and oxygen atoms in total. The Kier molecular flexibility index (Phi) is 4.87. The van der Waals surface area contributed by atoms with Gasteiger partial charge >= 0.3 is 0 Å². The molecule has 0 atom stereocenters. The fraction of sp³-hybridized carbons (Fsp3) is 0.571. The van der Waals surface area contributed by atoms with Crippen LogP contribution in [0.4, 0.5) is 5.69 Å². The molecule has 0 unspecified atom stereocenters. The van der Waals surface area contributed by atoms with Gasteiger partial charge < -0.3 is 10.5 Å². The molecule has 0 saturated heterocycles. The number of rotatable bonds is 7. The Hall–Kier alpha value is -0.770. The number of anilines is 1. The SMILES string of the molecule is CN(CCOCC1CC1)Cc1cc(Cl)ccc1N. The predicted molar refractivity (Wildman–Crippen MR) is 75.7 cm³/mol. The van der Waals surface area contributed by atoms with Crippen molar-refractivity contribution < 1.29 is 4.74 Å². The molecular weight excluding hydrogens is 248 g/mol. The van der Waals surface area contributed by atoms with E-state index in [9.17, 15) is 0 Å². The van der Waals surface area contributed by atoms with E-state index in [0.29, 0.717) is 0 Å². The molecule has 0 spiro atoms. The van der Waals surface area contributed by atoms with Gasteiger partial charge in [0, 0.05) is 30.4 Å². The molecule has 2 rings (SSSR count). The highest BCUT2D eigenvalue weighted by Gasteiger charge is 2.20. The van der Waals surface area contributed by atoms with Crippen molar-refractivity contribution in [2.45, 2.75) is 19.4 Å². The van der Waals surface area contributed by atoms with Crippen LogP contribution in [-0.2, 0) is 11.3 Å². The number of halogens is 1. The zero-order valence-electron chi connectivity index (χ0n) is 10.9. The van der Waals surface area contributed by atoms with Crippen LogP contribution in [0, 0.1) is 5.92 Å².